The van der Waals surface area contributed by atoms with Crippen molar-refractivity contribution in [1.29, 1.82) is 0 Å². The SMILES string of the molecule is O=Cc1ccc(Oc2ccccc2CO)cc1. The molecule has 0 aromatic heterocycles. The fourth-order valence-electron chi connectivity index (χ4n) is 1.48. The van der Waals surface area contributed by atoms with Gasteiger partial charge in [0.25, 0.3) is 0 Å². The Morgan fingerprint density at radius 1 is 1.06 bits per heavy atom. The molecular weight excluding hydrogens is 216 g/mol. The molecule has 0 saturated carbocycles. The van der Waals surface area contributed by atoms with Crippen LogP contribution in [0.4, 0.5) is 0 Å². The predicted octanol–water partition coefficient (Wildman–Crippen LogP) is 2.78. The molecule has 1 N–H and O–H groups in total. The zero-order valence-corrected chi connectivity index (χ0v) is 9.17. The van der Waals surface area contributed by atoms with Crippen molar-refractivity contribution in [1.82, 2.24) is 0 Å². The highest BCUT2D eigenvalue weighted by atomic mass is 16.5. The summed E-state index contributed by atoms with van der Waals surface area (Å²) in [6, 6.07) is 14.1. The molecular formula is C14H12O3. The molecule has 0 aliphatic heterocycles. The zero-order valence-electron chi connectivity index (χ0n) is 9.17. The average Bonchev–Trinajstić information content (AvgIpc) is 2.40. The fraction of sp³-hybridized carbons (Fsp3) is 0.0714. The third-order valence-electron chi connectivity index (χ3n) is 2.39. The van der Waals surface area contributed by atoms with E-state index in [1.807, 2.05) is 12.1 Å². The Kier molecular flexibility index (Phi) is 3.52. The van der Waals surface area contributed by atoms with E-state index < -0.39 is 0 Å². The van der Waals surface area contributed by atoms with Crippen LogP contribution in [0.5, 0.6) is 11.5 Å². The third-order valence-corrected chi connectivity index (χ3v) is 2.39. The van der Waals surface area contributed by atoms with E-state index in [1.165, 1.54) is 0 Å². The van der Waals surface area contributed by atoms with E-state index in [2.05, 4.69) is 0 Å². The lowest BCUT2D eigenvalue weighted by Crippen LogP contribution is -1.91. The molecule has 2 aromatic rings. The molecule has 0 radical (unpaired) electrons. The Morgan fingerprint density at radius 3 is 2.41 bits per heavy atom. The molecule has 86 valence electrons. The first-order valence-electron chi connectivity index (χ1n) is 5.25. The Morgan fingerprint density at radius 2 is 1.76 bits per heavy atom. The summed E-state index contributed by atoms with van der Waals surface area (Å²) in [4.78, 5) is 10.5. The fourth-order valence-corrected chi connectivity index (χ4v) is 1.48. The number of carbonyl (C=O) groups is 1. The number of benzene rings is 2. The molecule has 2 aromatic carbocycles. The first-order chi connectivity index (χ1) is 8.33. The minimum absolute atomic E-state index is 0.0669. The largest absolute Gasteiger partial charge is 0.457 e. The van der Waals surface area contributed by atoms with Crippen molar-refractivity contribution in [2.45, 2.75) is 6.61 Å². The van der Waals surface area contributed by atoms with Gasteiger partial charge in [-0.3, -0.25) is 4.79 Å². The van der Waals surface area contributed by atoms with Gasteiger partial charge in [-0.25, -0.2) is 0 Å². The highest BCUT2D eigenvalue weighted by Crippen LogP contribution is 2.25. The molecule has 0 fully saturated rings. The second-order valence-corrected chi connectivity index (χ2v) is 3.55. The normalized spacial score (nSPS) is 9.94. The van der Waals surface area contributed by atoms with Crippen molar-refractivity contribution < 1.29 is 14.6 Å². The molecule has 17 heavy (non-hydrogen) atoms. The van der Waals surface area contributed by atoms with Gasteiger partial charge in [-0.05, 0) is 30.3 Å². The van der Waals surface area contributed by atoms with Gasteiger partial charge in [-0.1, -0.05) is 18.2 Å². The van der Waals surface area contributed by atoms with E-state index in [0.29, 0.717) is 17.1 Å². The maximum Gasteiger partial charge on any atom is 0.150 e. The Bertz CT molecular complexity index is 503. The number of hydrogen-bond donors (Lipinski definition) is 1. The molecule has 3 heteroatoms. The molecule has 0 bridgehead atoms. The second kappa shape index (κ2) is 5.27. The van der Waals surface area contributed by atoms with Crippen LogP contribution in [0.15, 0.2) is 48.5 Å². The summed E-state index contributed by atoms with van der Waals surface area (Å²) in [5, 5.41) is 9.15. The number of aliphatic hydroxyl groups is 1. The number of aldehydes is 1. The highest BCUT2D eigenvalue weighted by Gasteiger charge is 2.02. The van der Waals surface area contributed by atoms with Gasteiger partial charge in [0.05, 0.1) is 6.61 Å². The molecule has 0 heterocycles. The van der Waals surface area contributed by atoms with Crippen molar-refractivity contribution >= 4 is 6.29 Å². The molecule has 0 atom stereocenters. The number of ether oxygens (including phenoxy) is 1. The number of aliphatic hydroxyl groups excluding tert-OH is 1. The van der Waals surface area contributed by atoms with Gasteiger partial charge < -0.3 is 9.84 Å². The maximum atomic E-state index is 10.5. The molecule has 0 unspecified atom stereocenters. The van der Waals surface area contributed by atoms with Crippen molar-refractivity contribution in [3.63, 3.8) is 0 Å². The van der Waals surface area contributed by atoms with E-state index in [1.54, 1.807) is 36.4 Å². The lowest BCUT2D eigenvalue weighted by molar-refractivity contribution is 0.112. The highest BCUT2D eigenvalue weighted by molar-refractivity contribution is 5.74. The van der Waals surface area contributed by atoms with Gasteiger partial charge >= 0.3 is 0 Å². The van der Waals surface area contributed by atoms with Crippen LogP contribution in [0.3, 0.4) is 0 Å². The maximum absolute atomic E-state index is 10.5. The van der Waals surface area contributed by atoms with E-state index in [-0.39, 0.29) is 6.61 Å². The summed E-state index contributed by atoms with van der Waals surface area (Å²) in [6.07, 6.45) is 0.783. The smallest absolute Gasteiger partial charge is 0.150 e. The number of para-hydroxylation sites is 1. The minimum Gasteiger partial charge on any atom is -0.457 e. The lowest BCUT2D eigenvalue weighted by Gasteiger charge is -2.09. The average molecular weight is 228 g/mol. The van der Waals surface area contributed by atoms with Crippen LogP contribution in [0.1, 0.15) is 15.9 Å². The standard InChI is InChI=1S/C14H12O3/c15-9-11-5-7-13(8-6-11)17-14-4-2-1-3-12(14)10-16/h1-9,16H,10H2. The van der Waals surface area contributed by atoms with Crippen molar-refractivity contribution in [2.24, 2.45) is 0 Å². The second-order valence-electron chi connectivity index (χ2n) is 3.55. The quantitative estimate of drug-likeness (QED) is 0.818. The van der Waals surface area contributed by atoms with E-state index in [0.717, 1.165) is 11.8 Å². The Hall–Kier alpha value is -2.13. The summed E-state index contributed by atoms with van der Waals surface area (Å²) < 4.78 is 5.62. The van der Waals surface area contributed by atoms with E-state index >= 15 is 0 Å². The van der Waals surface area contributed by atoms with Crippen molar-refractivity contribution in [3.05, 3.63) is 59.7 Å². The molecule has 0 spiro atoms. The lowest BCUT2D eigenvalue weighted by atomic mass is 10.2. The van der Waals surface area contributed by atoms with Crippen LogP contribution in [-0.2, 0) is 6.61 Å². The van der Waals surface area contributed by atoms with Gasteiger partial charge in [0, 0.05) is 11.1 Å². The van der Waals surface area contributed by atoms with E-state index in [4.69, 9.17) is 9.84 Å². The monoisotopic (exact) mass is 228 g/mol. The summed E-state index contributed by atoms with van der Waals surface area (Å²) in [5.41, 5.74) is 1.33. The number of carbonyl (C=O) groups excluding carboxylic acids is 1. The zero-order chi connectivity index (χ0) is 12.1. The number of hydrogen-bond acceptors (Lipinski definition) is 3. The Balaban J connectivity index is 2.21. The number of rotatable bonds is 4. The van der Waals surface area contributed by atoms with Crippen LogP contribution in [0, 0.1) is 0 Å². The third kappa shape index (κ3) is 2.71. The summed E-state index contributed by atoms with van der Waals surface area (Å²) in [5.74, 6) is 1.25. The predicted molar refractivity (Wildman–Crippen MR) is 64.3 cm³/mol. The first-order valence-corrected chi connectivity index (χ1v) is 5.25. The first kappa shape index (κ1) is 11.4. The van der Waals surface area contributed by atoms with Crippen LogP contribution in [0.25, 0.3) is 0 Å². The van der Waals surface area contributed by atoms with Crippen LogP contribution < -0.4 is 4.74 Å². The van der Waals surface area contributed by atoms with Gasteiger partial charge in [-0.2, -0.15) is 0 Å². The molecule has 0 aliphatic rings. The van der Waals surface area contributed by atoms with Crippen LogP contribution in [0.2, 0.25) is 0 Å². The summed E-state index contributed by atoms with van der Waals surface area (Å²) in [6.45, 7) is -0.0669. The molecule has 2 rings (SSSR count). The topological polar surface area (TPSA) is 46.5 Å². The van der Waals surface area contributed by atoms with Gasteiger partial charge in [-0.15, -0.1) is 0 Å². The van der Waals surface area contributed by atoms with Gasteiger partial charge in [0.2, 0.25) is 0 Å². The minimum atomic E-state index is -0.0669. The molecule has 3 nitrogen and oxygen atoms in total. The van der Waals surface area contributed by atoms with Crippen LogP contribution >= 0.6 is 0 Å². The summed E-state index contributed by atoms with van der Waals surface area (Å²) in [7, 11) is 0. The van der Waals surface area contributed by atoms with Gasteiger partial charge in [0.1, 0.15) is 17.8 Å². The molecule has 0 amide bonds. The van der Waals surface area contributed by atoms with Crippen molar-refractivity contribution in [3.8, 4) is 11.5 Å². The molecule has 0 saturated heterocycles. The van der Waals surface area contributed by atoms with E-state index in [9.17, 15) is 4.79 Å². The van der Waals surface area contributed by atoms with Crippen molar-refractivity contribution in [2.75, 3.05) is 0 Å². The summed E-state index contributed by atoms with van der Waals surface area (Å²) >= 11 is 0. The molecule has 0 aliphatic carbocycles. The Labute approximate surface area is 99.3 Å². The van der Waals surface area contributed by atoms with Gasteiger partial charge in [0.15, 0.2) is 0 Å². The van der Waals surface area contributed by atoms with Crippen LogP contribution in [-0.4, -0.2) is 11.4 Å².